The lowest BCUT2D eigenvalue weighted by Crippen LogP contribution is -2.51. The molecule has 1 aromatic heterocycles. The predicted octanol–water partition coefficient (Wildman–Crippen LogP) is 2.45. The Morgan fingerprint density at radius 2 is 2.03 bits per heavy atom. The average Bonchev–Trinajstić information content (AvgIpc) is 3.32. The summed E-state index contributed by atoms with van der Waals surface area (Å²) >= 11 is 1.38. The minimum Gasteiger partial charge on any atom is -0.496 e. The zero-order chi connectivity index (χ0) is 25.5. The molecule has 2 amide bonds. The third-order valence-corrected chi connectivity index (χ3v) is 7.00. The molecule has 0 saturated heterocycles. The highest BCUT2D eigenvalue weighted by Crippen LogP contribution is 2.23. The zero-order valence-electron chi connectivity index (χ0n) is 20.5. The van der Waals surface area contributed by atoms with Crippen LogP contribution in [0.15, 0.2) is 53.4 Å². The van der Waals surface area contributed by atoms with Crippen LogP contribution in [0.3, 0.4) is 0 Å². The van der Waals surface area contributed by atoms with E-state index in [-0.39, 0.29) is 12.6 Å². The molecular weight excluding hydrogens is 466 g/mol. The van der Waals surface area contributed by atoms with Crippen LogP contribution in [0.25, 0.3) is 0 Å². The Bertz CT molecular complexity index is 1100. The SMILES string of the molecule is COc1ccccc1Cc1csc(CNC(=O)[C@H](O)[C@@H](O)C(=O)N(C)[C@H](C)C2=CC(C)CC=C2)n1. The van der Waals surface area contributed by atoms with Crippen molar-refractivity contribution in [1.29, 1.82) is 0 Å². The number of nitrogens with zero attached hydrogens (tertiary/aromatic N) is 2. The lowest BCUT2D eigenvalue weighted by molar-refractivity contribution is -0.153. The van der Waals surface area contributed by atoms with E-state index in [1.54, 1.807) is 14.2 Å². The van der Waals surface area contributed by atoms with Gasteiger partial charge in [0.15, 0.2) is 12.2 Å². The number of methoxy groups -OCH3 is 1. The van der Waals surface area contributed by atoms with E-state index < -0.39 is 24.0 Å². The molecule has 8 nitrogen and oxygen atoms in total. The fourth-order valence-corrected chi connectivity index (χ4v) is 4.61. The predicted molar refractivity (Wildman–Crippen MR) is 135 cm³/mol. The Hall–Kier alpha value is -3.01. The second-order valence-corrected chi connectivity index (χ2v) is 9.68. The normalized spacial score (nSPS) is 17.8. The van der Waals surface area contributed by atoms with Gasteiger partial charge in [-0.25, -0.2) is 4.98 Å². The summed E-state index contributed by atoms with van der Waals surface area (Å²) in [6.07, 6.45) is 3.86. The van der Waals surface area contributed by atoms with E-state index in [9.17, 15) is 19.8 Å². The number of benzene rings is 1. The summed E-state index contributed by atoms with van der Waals surface area (Å²) < 4.78 is 5.37. The first-order chi connectivity index (χ1) is 16.7. The molecule has 188 valence electrons. The Labute approximate surface area is 210 Å². The number of hydrogen-bond acceptors (Lipinski definition) is 7. The van der Waals surface area contributed by atoms with Crippen LogP contribution < -0.4 is 10.1 Å². The van der Waals surface area contributed by atoms with Crippen molar-refractivity contribution in [3.05, 3.63) is 69.7 Å². The molecule has 4 atom stereocenters. The minimum atomic E-state index is -1.89. The van der Waals surface area contributed by atoms with Crippen LogP contribution >= 0.6 is 11.3 Å². The van der Waals surface area contributed by atoms with Gasteiger partial charge < -0.3 is 25.2 Å². The Morgan fingerprint density at radius 3 is 2.74 bits per heavy atom. The number of aliphatic hydroxyl groups is 2. The number of nitrogens with one attached hydrogen (secondary N) is 1. The average molecular weight is 500 g/mol. The number of thiazole rings is 1. The molecule has 0 saturated carbocycles. The van der Waals surface area contributed by atoms with Crippen LogP contribution in [0, 0.1) is 5.92 Å². The van der Waals surface area contributed by atoms with Crippen molar-refractivity contribution in [1.82, 2.24) is 15.2 Å². The maximum atomic E-state index is 12.7. The number of likely N-dealkylation sites (N-methyl/N-ethyl adjacent to an activating group) is 1. The van der Waals surface area contributed by atoms with Crippen molar-refractivity contribution >= 4 is 23.2 Å². The van der Waals surface area contributed by atoms with E-state index in [0.717, 1.165) is 29.0 Å². The van der Waals surface area contributed by atoms with E-state index in [1.165, 1.54) is 16.2 Å². The second kappa shape index (κ2) is 12.1. The van der Waals surface area contributed by atoms with E-state index in [1.807, 2.05) is 48.7 Å². The molecule has 0 radical (unpaired) electrons. The van der Waals surface area contributed by atoms with Gasteiger partial charge in [0.05, 0.1) is 25.4 Å². The molecule has 0 bridgehead atoms. The van der Waals surface area contributed by atoms with Gasteiger partial charge in [0.2, 0.25) is 0 Å². The van der Waals surface area contributed by atoms with E-state index in [4.69, 9.17) is 4.74 Å². The second-order valence-electron chi connectivity index (χ2n) is 8.74. The van der Waals surface area contributed by atoms with Crippen molar-refractivity contribution in [2.45, 2.75) is 51.5 Å². The molecule has 1 aliphatic rings. The van der Waals surface area contributed by atoms with E-state index >= 15 is 0 Å². The molecule has 35 heavy (non-hydrogen) atoms. The number of rotatable bonds is 10. The van der Waals surface area contributed by atoms with E-state index in [0.29, 0.717) is 17.3 Å². The van der Waals surface area contributed by atoms with Crippen molar-refractivity contribution in [3.8, 4) is 5.75 Å². The number of para-hydroxylation sites is 1. The summed E-state index contributed by atoms with van der Waals surface area (Å²) in [4.78, 5) is 31.0. The quantitative estimate of drug-likeness (QED) is 0.463. The number of hydrogen-bond donors (Lipinski definition) is 3. The van der Waals surface area contributed by atoms with Crippen LogP contribution in [0.5, 0.6) is 5.75 Å². The standard InChI is InChI=1S/C26H33N3O5S/c1-16-8-7-10-18(12-16)17(2)29(3)26(33)24(31)23(30)25(32)27-14-22-28-20(15-35-22)13-19-9-5-6-11-21(19)34-4/h5-7,9-12,15-17,23-24,30-31H,8,13-14H2,1-4H3,(H,27,32)/t16?,17-,23-,24-/m1/s1. The maximum Gasteiger partial charge on any atom is 0.254 e. The molecule has 0 fully saturated rings. The summed E-state index contributed by atoms with van der Waals surface area (Å²) in [6, 6.07) is 7.38. The highest BCUT2D eigenvalue weighted by Gasteiger charge is 2.34. The first-order valence-electron chi connectivity index (χ1n) is 11.5. The van der Waals surface area contributed by atoms with Gasteiger partial charge in [0.25, 0.3) is 11.8 Å². The summed E-state index contributed by atoms with van der Waals surface area (Å²) in [5, 5.41) is 25.8. The molecule has 1 unspecified atom stereocenters. The number of ether oxygens (including phenoxy) is 1. The lowest BCUT2D eigenvalue weighted by atomic mass is 9.93. The molecule has 0 spiro atoms. The van der Waals surface area contributed by atoms with Crippen molar-refractivity contribution in [3.63, 3.8) is 0 Å². The Morgan fingerprint density at radius 1 is 1.29 bits per heavy atom. The summed E-state index contributed by atoms with van der Waals surface area (Å²) in [5.74, 6) is -0.412. The smallest absolute Gasteiger partial charge is 0.254 e. The fourth-order valence-electron chi connectivity index (χ4n) is 3.87. The van der Waals surface area contributed by atoms with Crippen LogP contribution in [0.1, 0.15) is 36.5 Å². The molecule has 3 N–H and O–H groups in total. The molecule has 0 aliphatic heterocycles. The van der Waals surface area contributed by atoms with Gasteiger partial charge in [-0.1, -0.05) is 43.4 Å². The molecule has 2 aromatic rings. The Balaban J connectivity index is 1.53. The van der Waals surface area contributed by atoms with Crippen LogP contribution in [-0.2, 0) is 22.6 Å². The van der Waals surface area contributed by atoms with Crippen LogP contribution in [0.2, 0.25) is 0 Å². The number of carbonyl (C=O) groups is 2. The molecular formula is C26H33N3O5S. The Kier molecular flexibility index (Phi) is 9.20. The third kappa shape index (κ3) is 6.78. The summed E-state index contributed by atoms with van der Waals surface area (Å²) in [6.45, 7) is 4.01. The maximum absolute atomic E-state index is 12.7. The molecule has 1 heterocycles. The highest BCUT2D eigenvalue weighted by molar-refractivity contribution is 7.09. The lowest BCUT2D eigenvalue weighted by Gasteiger charge is -2.30. The highest BCUT2D eigenvalue weighted by atomic mass is 32.1. The van der Waals surface area contributed by atoms with Gasteiger partial charge in [0.1, 0.15) is 10.8 Å². The van der Waals surface area contributed by atoms with Gasteiger partial charge >= 0.3 is 0 Å². The number of amides is 2. The largest absolute Gasteiger partial charge is 0.496 e. The van der Waals surface area contributed by atoms with Gasteiger partial charge in [-0.3, -0.25) is 9.59 Å². The van der Waals surface area contributed by atoms with Gasteiger partial charge in [-0.2, -0.15) is 0 Å². The van der Waals surface area contributed by atoms with Crippen molar-refractivity contribution in [2.24, 2.45) is 5.92 Å². The molecule has 1 aliphatic carbocycles. The first-order valence-corrected chi connectivity index (χ1v) is 12.4. The van der Waals surface area contributed by atoms with E-state index in [2.05, 4.69) is 23.3 Å². The zero-order valence-corrected chi connectivity index (χ0v) is 21.3. The monoisotopic (exact) mass is 499 g/mol. The van der Waals surface area contributed by atoms with Crippen molar-refractivity contribution < 1.29 is 24.5 Å². The number of carbonyl (C=O) groups excluding carboxylic acids is 2. The molecule has 9 heteroatoms. The molecule has 1 aromatic carbocycles. The van der Waals surface area contributed by atoms with Crippen molar-refractivity contribution in [2.75, 3.05) is 14.2 Å². The number of aliphatic hydroxyl groups excluding tert-OH is 2. The van der Waals surface area contributed by atoms with Crippen LogP contribution in [0.4, 0.5) is 0 Å². The van der Waals surface area contributed by atoms with Gasteiger partial charge in [-0.05, 0) is 30.9 Å². The topological polar surface area (TPSA) is 112 Å². The van der Waals surface area contributed by atoms with Crippen LogP contribution in [-0.4, -0.2) is 64.3 Å². The minimum absolute atomic E-state index is 0.0786. The number of allylic oxidation sites excluding steroid dienone is 2. The van der Waals surface area contributed by atoms with Gasteiger partial charge in [-0.15, -0.1) is 11.3 Å². The first kappa shape index (κ1) is 26.6. The molecule has 3 rings (SSSR count). The summed E-state index contributed by atoms with van der Waals surface area (Å²) in [7, 11) is 3.17. The number of aromatic nitrogens is 1. The third-order valence-electron chi connectivity index (χ3n) is 6.10. The fraction of sp³-hybridized carbons (Fsp3) is 0.423. The summed E-state index contributed by atoms with van der Waals surface area (Å²) in [5.41, 5.74) is 2.79. The van der Waals surface area contributed by atoms with Gasteiger partial charge in [0, 0.05) is 24.4 Å².